The van der Waals surface area contributed by atoms with E-state index in [2.05, 4.69) is 130 Å². The summed E-state index contributed by atoms with van der Waals surface area (Å²) in [5.74, 6) is 0. The molecule has 0 saturated carbocycles. The second-order valence-electron chi connectivity index (χ2n) is 10.9. The smallest absolute Gasteiger partial charge is 0.399 e. The third-order valence-corrected chi connectivity index (χ3v) is 9.25. The molecule has 0 atom stereocenters. The van der Waals surface area contributed by atoms with Crippen molar-refractivity contribution >= 4 is 63.0 Å². The van der Waals surface area contributed by atoms with Crippen LogP contribution in [0.3, 0.4) is 0 Å². The molecule has 2 heterocycles. The van der Waals surface area contributed by atoms with Gasteiger partial charge in [0.05, 0.1) is 22.6 Å². The Bertz CT molecular complexity index is 1680. The Morgan fingerprint density at radius 1 is 0.649 bits per heavy atom. The summed E-state index contributed by atoms with van der Waals surface area (Å²) in [7, 11) is -0.406. The second kappa shape index (κ2) is 8.13. The molecule has 5 heteroatoms. The van der Waals surface area contributed by atoms with Crippen LogP contribution < -0.4 is 10.4 Å². The van der Waals surface area contributed by atoms with Crippen LogP contribution in [0, 0.1) is 0 Å². The maximum Gasteiger partial charge on any atom is 0.494 e. The predicted octanol–water partition coefficient (Wildman–Crippen LogP) is 8.23. The van der Waals surface area contributed by atoms with Crippen molar-refractivity contribution in [1.82, 2.24) is 0 Å². The Balaban J connectivity index is 1.42. The number of fused-ring (bicyclic) bond motifs is 5. The third kappa shape index (κ3) is 3.60. The molecule has 37 heavy (non-hydrogen) atoms. The summed E-state index contributed by atoms with van der Waals surface area (Å²) >= 11 is 1.84. The van der Waals surface area contributed by atoms with Crippen LogP contribution >= 0.6 is 11.8 Å². The quantitative estimate of drug-likeness (QED) is 0.223. The van der Waals surface area contributed by atoms with Gasteiger partial charge in [-0.25, -0.2) is 0 Å². The van der Waals surface area contributed by atoms with Crippen LogP contribution in [0.25, 0.3) is 21.5 Å². The summed E-state index contributed by atoms with van der Waals surface area (Å²) in [6, 6.07) is 35.0. The summed E-state index contributed by atoms with van der Waals surface area (Å²) in [4.78, 5) is 4.90. The van der Waals surface area contributed by atoms with Crippen molar-refractivity contribution < 1.29 is 9.31 Å². The Kier molecular flexibility index (Phi) is 5.03. The first-order valence-electron chi connectivity index (χ1n) is 12.8. The summed E-state index contributed by atoms with van der Waals surface area (Å²) < 4.78 is 12.8. The highest BCUT2D eigenvalue weighted by Gasteiger charge is 2.52. The Morgan fingerprint density at radius 3 is 2.11 bits per heavy atom. The zero-order valence-electron chi connectivity index (χ0n) is 21.5. The fourth-order valence-corrected chi connectivity index (χ4v) is 6.44. The normalized spacial score (nSPS) is 17.7. The largest absolute Gasteiger partial charge is 0.494 e. The molecule has 7 rings (SSSR count). The molecule has 0 radical (unpaired) electrons. The number of anilines is 3. The number of benzene rings is 5. The van der Waals surface area contributed by atoms with Crippen LogP contribution in [0.2, 0.25) is 0 Å². The van der Waals surface area contributed by atoms with Crippen molar-refractivity contribution in [2.24, 2.45) is 0 Å². The molecule has 1 saturated heterocycles. The van der Waals surface area contributed by atoms with E-state index in [4.69, 9.17) is 9.31 Å². The van der Waals surface area contributed by atoms with Gasteiger partial charge in [-0.3, -0.25) is 0 Å². The molecular weight excluding hydrogens is 473 g/mol. The monoisotopic (exact) mass is 501 g/mol. The van der Waals surface area contributed by atoms with Crippen molar-refractivity contribution in [3.8, 4) is 0 Å². The zero-order chi connectivity index (χ0) is 25.4. The summed E-state index contributed by atoms with van der Waals surface area (Å²) in [6.45, 7) is 8.40. The minimum Gasteiger partial charge on any atom is -0.399 e. The van der Waals surface area contributed by atoms with Crippen molar-refractivity contribution in [2.75, 3.05) is 4.90 Å². The van der Waals surface area contributed by atoms with Crippen molar-refractivity contribution in [2.45, 2.75) is 48.7 Å². The average molecular weight is 501 g/mol. The highest BCUT2D eigenvalue weighted by atomic mass is 32.2. The standard InChI is InChI=1S/C32H28BNO2S/c1-31(2)32(3,4)36-33(35-31)24-15-18-29-28(20-24)34(25-16-13-21-9-5-6-11-23(21)19-25)27-17-14-22-10-7-8-12-26(22)30(27)37-29/h5-20H,1-4H3. The maximum absolute atomic E-state index is 6.42. The molecule has 2 aliphatic heterocycles. The summed E-state index contributed by atoms with van der Waals surface area (Å²) in [5, 5.41) is 4.99. The fourth-order valence-electron chi connectivity index (χ4n) is 5.27. The van der Waals surface area contributed by atoms with Gasteiger partial charge in [0.25, 0.3) is 0 Å². The van der Waals surface area contributed by atoms with E-state index >= 15 is 0 Å². The molecule has 3 nitrogen and oxygen atoms in total. The van der Waals surface area contributed by atoms with Crippen molar-refractivity contribution in [3.05, 3.63) is 97.1 Å². The molecule has 2 aliphatic rings. The lowest BCUT2D eigenvalue weighted by Gasteiger charge is -2.34. The van der Waals surface area contributed by atoms with E-state index in [1.54, 1.807) is 0 Å². The van der Waals surface area contributed by atoms with E-state index < -0.39 is 7.12 Å². The van der Waals surface area contributed by atoms with Crippen LogP contribution in [0.4, 0.5) is 17.1 Å². The molecule has 1 fully saturated rings. The van der Waals surface area contributed by atoms with Crippen LogP contribution in [0.1, 0.15) is 27.7 Å². The molecule has 182 valence electrons. The predicted molar refractivity (Wildman–Crippen MR) is 156 cm³/mol. The lowest BCUT2D eigenvalue weighted by atomic mass is 9.79. The van der Waals surface area contributed by atoms with Gasteiger partial charge in [-0.2, -0.15) is 0 Å². The van der Waals surface area contributed by atoms with Gasteiger partial charge >= 0.3 is 7.12 Å². The molecule has 0 aliphatic carbocycles. The highest BCUT2D eigenvalue weighted by Crippen LogP contribution is 2.53. The van der Waals surface area contributed by atoms with E-state index in [0.29, 0.717) is 0 Å². The first-order valence-corrected chi connectivity index (χ1v) is 13.6. The lowest BCUT2D eigenvalue weighted by Crippen LogP contribution is -2.41. The van der Waals surface area contributed by atoms with Gasteiger partial charge in [-0.1, -0.05) is 78.5 Å². The van der Waals surface area contributed by atoms with E-state index in [0.717, 1.165) is 16.8 Å². The van der Waals surface area contributed by atoms with Crippen LogP contribution in [-0.2, 0) is 9.31 Å². The van der Waals surface area contributed by atoms with Gasteiger partial charge in [0.1, 0.15) is 0 Å². The fraction of sp³-hybridized carbons (Fsp3) is 0.188. The minimum absolute atomic E-state index is 0.383. The van der Waals surface area contributed by atoms with E-state index in [1.165, 1.54) is 37.0 Å². The molecule has 0 aromatic heterocycles. The molecule has 0 N–H and O–H groups in total. The number of rotatable bonds is 2. The van der Waals surface area contributed by atoms with Crippen molar-refractivity contribution in [3.63, 3.8) is 0 Å². The Labute approximate surface area is 222 Å². The maximum atomic E-state index is 6.42. The van der Waals surface area contributed by atoms with Gasteiger partial charge in [0.15, 0.2) is 0 Å². The number of hydrogen-bond acceptors (Lipinski definition) is 4. The molecule has 0 unspecified atom stereocenters. The van der Waals surface area contributed by atoms with Crippen LogP contribution in [0.5, 0.6) is 0 Å². The van der Waals surface area contributed by atoms with E-state index in [1.807, 2.05) is 11.8 Å². The van der Waals surface area contributed by atoms with E-state index in [-0.39, 0.29) is 11.2 Å². The first-order chi connectivity index (χ1) is 17.8. The molecule has 0 amide bonds. The molecular formula is C32H28BNO2S. The van der Waals surface area contributed by atoms with Gasteiger partial charge in [0, 0.05) is 15.5 Å². The second-order valence-corrected chi connectivity index (χ2v) is 12.0. The van der Waals surface area contributed by atoms with Gasteiger partial charge < -0.3 is 14.2 Å². The zero-order valence-corrected chi connectivity index (χ0v) is 22.3. The average Bonchev–Trinajstić information content (AvgIpc) is 3.13. The molecule has 5 aromatic rings. The lowest BCUT2D eigenvalue weighted by molar-refractivity contribution is 0.00578. The summed E-state index contributed by atoms with van der Waals surface area (Å²) in [6.07, 6.45) is 0. The SMILES string of the molecule is CC1(C)OB(c2ccc3c(c2)N(c2ccc4ccccc4c2)c2ccc4ccccc4c2S3)OC1(C)C. The molecule has 0 spiro atoms. The minimum atomic E-state index is -0.406. The highest BCUT2D eigenvalue weighted by molar-refractivity contribution is 8.00. The topological polar surface area (TPSA) is 21.7 Å². The van der Waals surface area contributed by atoms with Gasteiger partial charge in [0.2, 0.25) is 0 Å². The number of hydrogen-bond donors (Lipinski definition) is 0. The summed E-state index contributed by atoms with van der Waals surface area (Å²) in [5.41, 5.74) is 3.75. The number of nitrogens with zero attached hydrogens (tertiary/aromatic N) is 1. The van der Waals surface area contributed by atoms with E-state index in [9.17, 15) is 0 Å². The van der Waals surface area contributed by atoms with Gasteiger partial charge in [-0.05, 0) is 85.0 Å². The third-order valence-electron chi connectivity index (χ3n) is 8.05. The van der Waals surface area contributed by atoms with Crippen LogP contribution in [-0.4, -0.2) is 18.3 Å². The Hall–Kier alpha value is -3.25. The van der Waals surface area contributed by atoms with Crippen LogP contribution in [0.15, 0.2) is 107 Å². The molecule has 5 aromatic carbocycles. The first kappa shape index (κ1) is 22.9. The molecule has 0 bridgehead atoms. The van der Waals surface area contributed by atoms with Crippen molar-refractivity contribution in [1.29, 1.82) is 0 Å². The Morgan fingerprint density at radius 2 is 1.32 bits per heavy atom. The van der Waals surface area contributed by atoms with Gasteiger partial charge in [-0.15, -0.1) is 0 Å².